The zero-order chi connectivity index (χ0) is 14.5. The van der Waals surface area contributed by atoms with Crippen molar-refractivity contribution in [1.29, 1.82) is 0 Å². The van der Waals surface area contributed by atoms with Gasteiger partial charge in [0.2, 0.25) is 5.91 Å². The molecule has 2 aromatic heterocycles. The molecule has 4 heteroatoms. The number of rotatable bonds is 4. The van der Waals surface area contributed by atoms with E-state index in [1.165, 1.54) is 24.8 Å². The van der Waals surface area contributed by atoms with E-state index in [2.05, 4.69) is 33.2 Å². The Hall–Kier alpha value is -1.68. The van der Waals surface area contributed by atoms with Crippen molar-refractivity contribution >= 4 is 17.2 Å². The van der Waals surface area contributed by atoms with E-state index in [0.29, 0.717) is 6.54 Å². The van der Waals surface area contributed by atoms with Crippen LogP contribution in [0.2, 0.25) is 0 Å². The Balaban J connectivity index is 1.60. The topological polar surface area (TPSA) is 42.0 Å². The van der Waals surface area contributed by atoms with E-state index >= 15 is 0 Å². The molecule has 0 unspecified atom stereocenters. The van der Waals surface area contributed by atoms with Crippen LogP contribution < -0.4 is 5.32 Å². The van der Waals surface area contributed by atoms with Gasteiger partial charge >= 0.3 is 0 Å². The summed E-state index contributed by atoms with van der Waals surface area (Å²) in [5.41, 5.74) is 3.36. The lowest BCUT2D eigenvalue weighted by atomic mass is 9.88. The van der Waals surface area contributed by atoms with E-state index in [1.807, 2.05) is 12.4 Å². The number of carbonyl (C=O) groups excluding carboxylic acids is 1. The van der Waals surface area contributed by atoms with Crippen molar-refractivity contribution in [3.63, 3.8) is 0 Å². The SMILES string of the molecule is O=C(NCc1cncc(-c2ccsc2)c1)C1CCCCC1. The Morgan fingerprint density at radius 3 is 2.86 bits per heavy atom. The molecule has 21 heavy (non-hydrogen) atoms. The molecule has 0 aliphatic heterocycles. The van der Waals surface area contributed by atoms with Crippen LogP contribution in [0.4, 0.5) is 0 Å². The van der Waals surface area contributed by atoms with Gasteiger partial charge in [-0.3, -0.25) is 9.78 Å². The molecule has 2 heterocycles. The predicted molar refractivity (Wildman–Crippen MR) is 86.0 cm³/mol. The predicted octanol–water partition coefficient (Wildman–Crippen LogP) is 4.01. The summed E-state index contributed by atoms with van der Waals surface area (Å²) in [6, 6.07) is 4.20. The third-order valence-electron chi connectivity index (χ3n) is 4.09. The first-order valence-corrected chi connectivity index (χ1v) is 8.51. The highest BCUT2D eigenvalue weighted by molar-refractivity contribution is 7.08. The van der Waals surface area contributed by atoms with E-state index in [4.69, 9.17) is 0 Å². The second kappa shape index (κ2) is 6.85. The van der Waals surface area contributed by atoms with Crippen LogP contribution >= 0.6 is 11.3 Å². The molecule has 0 spiro atoms. The summed E-state index contributed by atoms with van der Waals surface area (Å²) < 4.78 is 0. The number of thiophene rings is 1. The summed E-state index contributed by atoms with van der Waals surface area (Å²) >= 11 is 1.68. The van der Waals surface area contributed by atoms with Gasteiger partial charge in [0.1, 0.15) is 0 Å². The van der Waals surface area contributed by atoms with Crippen LogP contribution in [-0.4, -0.2) is 10.9 Å². The van der Waals surface area contributed by atoms with Crippen LogP contribution in [0.1, 0.15) is 37.7 Å². The third-order valence-corrected chi connectivity index (χ3v) is 4.78. The molecule has 1 fully saturated rings. The summed E-state index contributed by atoms with van der Waals surface area (Å²) in [5.74, 6) is 0.419. The molecule has 0 atom stereocenters. The number of hydrogen-bond acceptors (Lipinski definition) is 3. The lowest BCUT2D eigenvalue weighted by Gasteiger charge is -2.20. The number of pyridine rings is 1. The molecule has 1 saturated carbocycles. The first kappa shape index (κ1) is 14.3. The van der Waals surface area contributed by atoms with Gasteiger partial charge in [-0.15, -0.1) is 0 Å². The Kier molecular flexibility index (Phi) is 4.65. The number of aromatic nitrogens is 1. The molecule has 3 rings (SSSR count). The van der Waals surface area contributed by atoms with E-state index in [-0.39, 0.29) is 11.8 Å². The zero-order valence-electron chi connectivity index (χ0n) is 12.0. The Morgan fingerprint density at radius 1 is 1.24 bits per heavy atom. The molecule has 0 aromatic carbocycles. The van der Waals surface area contributed by atoms with Gasteiger partial charge in [-0.2, -0.15) is 11.3 Å². The number of nitrogens with one attached hydrogen (secondary N) is 1. The zero-order valence-corrected chi connectivity index (χ0v) is 12.9. The molecule has 0 radical (unpaired) electrons. The molecule has 1 N–H and O–H groups in total. The summed E-state index contributed by atoms with van der Waals surface area (Å²) in [5, 5.41) is 7.24. The number of hydrogen-bond donors (Lipinski definition) is 1. The van der Waals surface area contributed by atoms with Crippen LogP contribution in [0.15, 0.2) is 35.3 Å². The smallest absolute Gasteiger partial charge is 0.223 e. The molecule has 110 valence electrons. The molecule has 1 aliphatic carbocycles. The summed E-state index contributed by atoms with van der Waals surface area (Å²) in [4.78, 5) is 16.4. The number of carbonyl (C=O) groups is 1. The van der Waals surface area contributed by atoms with Crippen molar-refractivity contribution in [2.45, 2.75) is 38.6 Å². The van der Waals surface area contributed by atoms with Crippen molar-refractivity contribution in [1.82, 2.24) is 10.3 Å². The summed E-state index contributed by atoms with van der Waals surface area (Å²) in [7, 11) is 0. The van der Waals surface area contributed by atoms with E-state index in [1.54, 1.807) is 11.3 Å². The second-order valence-electron chi connectivity index (χ2n) is 5.65. The summed E-state index contributed by atoms with van der Waals surface area (Å²) in [6.45, 7) is 0.570. The van der Waals surface area contributed by atoms with Crippen molar-refractivity contribution in [3.8, 4) is 11.1 Å². The first-order chi connectivity index (χ1) is 10.3. The van der Waals surface area contributed by atoms with Gasteiger partial charge in [-0.05, 0) is 46.9 Å². The third kappa shape index (κ3) is 3.70. The van der Waals surface area contributed by atoms with Gasteiger partial charge in [0.05, 0.1) is 0 Å². The first-order valence-electron chi connectivity index (χ1n) is 7.57. The minimum absolute atomic E-state index is 0.204. The maximum Gasteiger partial charge on any atom is 0.223 e. The van der Waals surface area contributed by atoms with Crippen molar-refractivity contribution in [2.24, 2.45) is 5.92 Å². The van der Waals surface area contributed by atoms with Crippen LogP contribution in [0.3, 0.4) is 0 Å². The molecule has 0 saturated heterocycles. The number of nitrogens with zero attached hydrogens (tertiary/aromatic N) is 1. The average molecular weight is 300 g/mol. The van der Waals surface area contributed by atoms with E-state index in [9.17, 15) is 4.79 Å². The Bertz CT molecular complexity index is 589. The molecular formula is C17H20N2OS. The minimum Gasteiger partial charge on any atom is -0.352 e. The highest BCUT2D eigenvalue weighted by Gasteiger charge is 2.20. The van der Waals surface area contributed by atoms with Gasteiger partial charge in [-0.25, -0.2) is 0 Å². The van der Waals surface area contributed by atoms with Gasteiger partial charge in [0.15, 0.2) is 0 Å². The van der Waals surface area contributed by atoms with E-state index < -0.39 is 0 Å². The summed E-state index contributed by atoms with van der Waals surface area (Å²) in [6.07, 6.45) is 9.43. The van der Waals surface area contributed by atoms with Gasteiger partial charge in [0, 0.05) is 30.4 Å². The highest BCUT2D eigenvalue weighted by atomic mass is 32.1. The lowest BCUT2D eigenvalue weighted by molar-refractivity contribution is -0.126. The number of amides is 1. The molecule has 1 aliphatic rings. The van der Waals surface area contributed by atoms with Crippen LogP contribution in [0.25, 0.3) is 11.1 Å². The lowest BCUT2D eigenvalue weighted by Crippen LogP contribution is -2.31. The molecule has 1 amide bonds. The van der Waals surface area contributed by atoms with Gasteiger partial charge in [0.25, 0.3) is 0 Å². The quantitative estimate of drug-likeness (QED) is 0.927. The van der Waals surface area contributed by atoms with Crippen LogP contribution in [-0.2, 0) is 11.3 Å². The van der Waals surface area contributed by atoms with E-state index in [0.717, 1.165) is 24.0 Å². The standard InChI is InChI=1S/C17H20N2OS/c20-17(14-4-2-1-3-5-14)19-10-13-8-16(11-18-9-13)15-6-7-21-12-15/h6-9,11-12,14H,1-5,10H2,(H,19,20). The van der Waals surface area contributed by atoms with Crippen molar-refractivity contribution in [3.05, 3.63) is 40.8 Å². The molecule has 0 bridgehead atoms. The Labute approximate surface area is 129 Å². The van der Waals surface area contributed by atoms with Crippen molar-refractivity contribution in [2.75, 3.05) is 0 Å². The molecule has 2 aromatic rings. The average Bonchev–Trinajstić information content (AvgIpc) is 3.08. The monoisotopic (exact) mass is 300 g/mol. The normalized spacial score (nSPS) is 15.8. The largest absolute Gasteiger partial charge is 0.352 e. The fourth-order valence-electron chi connectivity index (χ4n) is 2.87. The minimum atomic E-state index is 0.204. The Morgan fingerprint density at radius 2 is 2.10 bits per heavy atom. The second-order valence-corrected chi connectivity index (χ2v) is 6.43. The molecule has 3 nitrogen and oxygen atoms in total. The maximum absolute atomic E-state index is 12.2. The fourth-order valence-corrected chi connectivity index (χ4v) is 3.53. The maximum atomic E-state index is 12.2. The van der Waals surface area contributed by atoms with Crippen molar-refractivity contribution < 1.29 is 4.79 Å². The highest BCUT2D eigenvalue weighted by Crippen LogP contribution is 2.24. The van der Waals surface area contributed by atoms with Gasteiger partial charge < -0.3 is 5.32 Å². The fraction of sp³-hybridized carbons (Fsp3) is 0.412. The van der Waals surface area contributed by atoms with Crippen LogP contribution in [0.5, 0.6) is 0 Å². The molecular weight excluding hydrogens is 280 g/mol. The van der Waals surface area contributed by atoms with Crippen LogP contribution in [0, 0.1) is 5.92 Å². The van der Waals surface area contributed by atoms with Gasteiger partial charge in [-0.1, -0.05) is 19.3 Å².